The summed E-state index contributed by atoms with van der Waals surface area (Å²) in [7, 11) is 0. The maximum Gasteiger partial charge on any atom is 0.307 e. The molecule has 0 amide bonds. The van der Waals surface area contributed by atoms with E-state index in [4.69, 9.17) is 16.7 Å². The Morgan fingerprint density at radius 1 is 1.35 bits per heavy atom. The lowest BCUT2D eigenvalue weighted by Gasteiger charge is -2.15. The predicted octanol–water partition coefficient (Wildman–Crippen LogP) is 3.83. The maximum absolute atomic E-state index is 11.0. The van der Waals surface area contributed by atoms with Crippen molar-refractivity contribution in [3.05, 3.63) is 34.9 Å². The summed E-state index contributed by atoms with van der Waals surface area (Å²) in [5.41, 5.74) is 1.20. The molecule has 2 unspecified atom stereocenters. The van der Waals surface area contributed by atoms with E-state index in [9.17, 15) is 4.79 Å². The number of carboxylic acid groups (broad SMARTS) is 1. The van der Waals surface area contributed by atoms with E-state index in [1.165, 1.54) is 5.56 Å². The van der Waals surface area contributed by atoms with Gasteiger partial charge in [-0.05, 0) is 30.5 Å². The second kappa shape index (κ2) is 5.78. The van der Waals surface area contributed by atoms with E-state index in [2.05, 4.69) is 0 Å². The van der Waals surface area contributed by atoms with Crippen molar-refractivity contribution in [1.82, 2.24) is 0 Å². The molecule has 2 rings (SSSR count). The van der Waals surface area contributed by atoms with E-state index >= 15 is 0 Å². The van der Waals surface area contributed by atoms with Gasteiger partial charge in [-0.3, -0.25) is 4.79 Å². The van der Waals surface area contributed by atoms with Gasteiger partial charge in [-0.25, -0.2) is 0 Å². The van der Waals surface area contributed by atoms with E-state index < -0.39 is 5.97 Å². The van der Waals surface area contributed by atoms with Gasteiger partial charge in [0, 0.05) is 16.0 Å². The van der Waals surface area contributed by atoms with Crippen LogP contribution >= 0.6 is 23.4 Å². The first-order chi connectivity index (χ1) is 8.16. The normalized spacial score (nSPS) is 23.8. The lowest BCUT2D eigenvalue weighted by molar-refractivity contribution is -0.141. The van der Waals surface area contributed by atoms with Gasteiger partial charge in [-0.1, -0.05) is 30.2 Å². The van der Waals surface area contributed by atoms with Crippen LogP contribution in [-0.4, -0.2) is 16.3 Å². The van der Waals surface area contributed by atoms with Crippen LogP contribution in [0.15, 0.2) is 24.3 Å². The standard InChI is InChI=1S/C13H15ClO2S/c14-10-6-4-9(5-7-10)8-17-12-3-1-2-11(12)13(15)16/h4-7,11-12H,1-3,8H2,(H,15,16). The zero-order valence-corrected chi connectivity index (χ0v) is 11.0. The van der Waals surface area contributed by atoms with Gasteiger partial charge in [0.05, 0.1) is 5.92 Å². The lowest BCUT2D eigenvalue weighted by atomic mass is 10.1. The monoisotopic (exact) mass is 270 g/mol. The molecule has 1 fully saturated rings. The molecule has 1 aliphatic rings. The van der Waals surface area contributed by atoms with Gasteiger partial charge in [-0.2, -0.15) is 11.8 Å². The van der Waals surface area contributed by atoms with Crippen LogP contribution in [0.4, 0.5) is 0 Å². The highest BCUT2D eigenvalue weighted by Gasteiger charge is 2.32. The molecule has 1 aromatic carbocycles. The van der Waals surface area contributed by atoms with E-state index in [0.717, 1.165) is 30.0 Å². The summed E-state index contributed by atoms with van der Waals surface area (Å²) in [6.45, 7) is 0. The molecule has 4 heteroatoms. The summed E-state index contributed by atoms with van der Waals surface area (Å²) < 4.78 is 0. The number of carbonyl (C=O) groups is 1. The third kappa shape index (κ3) is 3.39. The summed E-state index contributed by atoms with van der Waals surface area (Å²) in [5, 5.41) is 10.1. The topological polar surface area (TPSA) is 37.3 Å². The first-order valence-electron chi connectivity index (χ1n) is 5.75. The first kappa shape index (κ1) is 12.8. The van der Waals surface area contributed by atoms with Crippen LogP contribution in [0.2, 0.25) is 5.02 Å². The quantitative estimate of drug-likeness (QED) is 0.904. The van der Waals surface area contributed by atoms with Gasteiger partial charge in [0.2, 0.25) is 0 Å². The van der Waals surface area contributed by atoms with Crippen molar-refractivity contribution in [3.63, 3.8) is 0 Å². The van der Waals surface area contributed by atoms with Crippen molar-refractivity contribution in [2.75, 3.05) is 0 Å². The number of halogens is 1. The highest BCUT2D eigenvalue weighted by molar-refractivity contribution is 7.99. The molecule has 17 heavy (non-hydrogen) atoms. The zero-order chi connectivity index (χ0) is 12.3. The third-order valence-corrected chi connectivity index (χ3v) is 4.89. The number of hydrogen-bond acceptors (Lipinski definition) is 2. The number of thioether (sulfide) groups is 1. The molecule has 0 bridgehead atoms. The molecule has 0 spiro atoms. The molecule has 0 saturated heterocycles. The average Bonchev–Trinajstić information content (AvgIpc) is 2.76. The van der Waals surface area contributed by atoms with Gasteiger partial charge in [0.25, 0.3) is 0 Å². The fraction of sp³-hybridized carbons (Fsp3) is 0.462. The number of rotatable bonds is 4. The van der Waals surface area contributed by atoms with E-state index in [-0.39, 0.29) is 11.2 Å². The van der Waals surface area contributed by atoms with E-state index in [0.29, 0.717) is 0 Å². The Balaban J connectivity index is 1.89. The van der Waals surface area contributed by atoms with E-state index in [1.54, 1.807) is 11.8 Å². The number of aliphatic carboxylic acids is 1. The second-order valence-electron chi connectivity index (χ2n) is 4.35. The molecule has 1 saturated carbocycles. The van der Waals surface area contributed by atoms with Crippen LogP contribution in [-0.2, 0) is 10.5 Å². The molecule has 2 atom stereocenters. The van der Waals surface area contributed by atoms with Crippen LogP contribution in [0.25, 0.3) is 0 Å². The molecule has 1 aliphatic carbocycles. The fourth-order valence-corrected chi connectivity index (χ4v) is 3.74. The van der Waals surface area contributed by atoms with Gasteiger partial charge >= 0.3 is 5.97 Å². The smallest absolute Gasteiger partial charge is 0.307 e. The van der Waals surface area contributed by atoms with E-state index in [1.807, 2.05) is 24.3 Å². The van der Waals surface area contributed by atoms with Crippen LogP contribution in [0, 0.1) is 5.92 Å². The summed E-state index contributed by atoms with van der Waals surface area (Å²) >= 11 is 7.57. The van der Waals surface area contributed by atoms with Crippen molar-refractivity contribution >= 4 is 29.3 Å². The Morgan fingerprint density at radius 2 is 2.06 bits per heavy atom. The molecule has 0 aromatic heterocycles. The van der Waals surface area contributed by atoms with Crippen molar-refractivity contribution in [1.29, 1.82) is 0 Å². The number of hydrogen-bond donors (Lipinski definition) is 1. The largest absolute Gasteiger partial charge is 0.481 e. The Morgan fingerprint density at radius 3 is 2.71 bits per heavy atom. The predicted molar refractivity (Wildman–Crippen MR) is 71.5 cm³/mol. The molecular formula is C13H15ClO2S. The van der Waals surface area contributed by atoms with Gasteiger partial charge in [-0.15, -0.1) is 0 Å². The Kier molecular flexibility index (Phi) is 4.35. The van der Waals surface area contributed by atoms with Crippen LogP contribution in [0.5, 0.6) is 0 Å². The molecule has 0 aliphatic heterocycles. The van der Waals surface area contributed by atoms with Gasteiger partial charge in [0.1, 0.15) is 0 Å². The van der Waals surface area contributed by atoms with Crippen molar-refractivity contribution in [2.45, 2.75) is 30.3 Å². The summed E-state index contributed by atoms with van der Waals surface area (Å²) in [6, 6.07) is 7.75. The highest BCUT2D eigenvalue weighted by Crippen LogP contribution is 2.36. The van der Waals surface area contributed by atoms with Crippen LogP contribution in [0.3, 0.4) is 0 Å². The Labute approximate surface area is 110 Å². The zero-order valence-electron chi connectivity index (χ0n) is 9.43. The Bertz CT molecular complexity index is 391. The summed E-state index contributed by atoms with van der Waals surface area (Å²) in [4.78, 5) is 11.0. The van der Waals surface area contributed by atoms with Crippen molar-refractivity contribution in [2.24, 2.45) is 5.92 Å². The van der Waals surface area contributed by atoms with Crippen molar-refractivity contribution in [3.8, 4) is 0 Å². The van der Waals surface area contributed by atoms with Crippen LogP contribution < -0.4 is 0 Å². The third-order valence-electron chi connectivity index (χ3n) is 3.15. The minimum atomic E-state index is -0.642. The van der Waals surface area contributed by atoms with Crippen molar-refractivity contribution < 1.29 is 9.90 Å². The molecule has 0 heterocycles. The van der Waals surface area contributed by atoms with Gasteiger partial charge in [0.15, 0.2) is 0 Å². The Hall–Kier alpha value is -0.670. The second-order valence-corrected chi connectivity index (χ2v) is 6.02. The van der Waals surface area contributed by atoms with Gasteiger partial charge < -0.3 is 5.11 Å². The maximum atomic E-state index is 11.0. The molecule has 1 aromatic rings. The highest BCUT2D eigenvalue weighted by atomic mass is 35.5. The molecule has 92 valence electrons. The average molecular weight is 271 g/mol. The number of carboxylic acids is 1. The molecule has 2 nitrogen and oxygen atoms in total. The lowest BCUT2D eigenvalue weighted by Crippen LogP contribution is -2.20. The molecule has 1 N–H and O–H groups in total. The molecule has 0 radical (unpaired) electrons. The number of benzene rings is 1. The van der Waals surface area contributed by atoms with Crippen LogP contribution in [0.1, 0.15) is 24.8 Å². The fourth-order valence-electron chi connectivity index (χ4n) is 2.19. The minimum Gasteiger partial charge on any atom is -0.481 e. The molecular weight excluding hydrogens is 256 g/mol. The first-order valence-corrected chi connectivity index (χ1v) is 7.18. The summed E-state index contributed by atoms with van der Waals surface area (Å²) in [5.74, 6) is 0.0643. The summed E-state index contributed by atoms with van der Waals surface area (Å²) in [6.07, 6.45) is 2.89. The minimum absolute atomic E-state index is 0.160. The SMILES string of the molecule is O=C(O)C1CCCC1SCc1ccc(Cl)cc1.